The number of amides is 1. The predicted molar refractivity (Wildman–Crippen MR) is 55.5 cm³/mol. The molecule has 0 heterocycles. The Morgan fingerprint density at radius 2 is 1.94 bits per heavy atom. The van der Waals surface area contributed by atoms with Gasteiger partial charge in [0.2, 0.25) is 5.50 Å². The summed E-state index contributed by atoms with van der Waals surface area (Å²) in [5.74, 6) is 0. The highest BCUT2D eigenvalue weighted by Gasteiger charge is 2.39. The molecule has 1 atom stereocenters. The minimum Gasteiger partial charge on any atom is -0.445 e. The second-order valence-corrected chi connectivity index (χ2v) is 3.55. The molecule has 0 fully saturated rings. The van der Waals surface area contributed by atoms with Gasteiger partial charge in [0.15, 0.2) is 0 Å². The van der Waals surface area contributed by atoms with Crippen LogP contribution < -0.4 is 5.32 Å². The van der Waals surface area contributed by atoms with Crippen LogP contribution in [0, 0.1) is 0 Å². The van der Waals surface area contributed by atoms with E-state index in [1.54, 1.807) is 30.3 Å². The molecule has 0 saturated heterocycles. The van der Waals surface area contributed by atoms with E-state index in [1.807, 2.05) is 0 Å². The summed E-state index contributed by atoms with van der Waals surface area (Å²) >= 11 is 4.90. The Morgan fingerprint density at radius 3 is 2.47 bits per heavy atom. The van der Waals surface area contributed by atoms with Crippen LogP contribution >= 0.6 is 11.6 Å². The van der Waals surface area contributed by atoms with Crippen molar-refractivity contribution in [1.82, 2.24) is 5.32 Å². The Morgan fingerprint density at radius 1 is 1.35 bits per heavy atom. The number of nitrogens with one attached hydrogen (secondary N) is 1. The molecule has 17 heavy (non-hydrogen) atoms. The monoisotopic (exact) mass is 267 g/mol. The van der Waals surface area contributed by atoms with Crippen molar-refractivity contribution >= 4 is 17.7 Å². The zero-order chi connectivity index (χ0) is 12.9. The third-order valence-electron chi connectivity index (χ3n) is 1.74. The molecule has 1 amide bonds. The first-order valence-electron chi connectivity index (χ1n) is 4.57. The Labute approximate surface area is 101 Å². The second kappa shape index (κ2) is 5.77. The van der Waals surface area contributed by atoms with Gasteiger partial charge in [-0.25, -0.2) is 4.79 Å². The summed E-state index contributed by atoms with van der Waals surface area (Å²) < 4.78 is 40.5. The van der Waals surface area contributed by atoms with E-state index in [1.165, 1.54) is 5.32 Å². The Bertz CT molecular complexity index is 370. The van der Waals surface area contributed by atoms with Gasteiger partial charge in [-0.05, 0) is 5.56 Å². The first kappa shape index (κ1) is 13.6. The van der Waals surface area contributed by atoms with Crippen molar-refractivity contribution in [2.24, 2.45) is 0 Å². The van der Waals surface area contributed by atoms with E-state index < -0.39 is 17.8 Å². The minimum atomic E-state index is -4.70. The summed E-state index contributed by atoms with van der Waals surface area (Å²) in [4.78, 5) is 11.0. The lowest BCUT2D eigenvalue weighted by Crippen LogP contribution is -2.41. The molecule has 0 aliphatic carbocycles. The lowest BCUT2D eigenvalue weighted by atomic mass is 10.2. The zero-order valence-corrected chi connectivity index (χ0v) is 9.26. The molecule has 7 heteroatoms. The third-order valence-corrected chi connectivity index (χ3v) is 2.10. The lowest BCUT2D eigenvalue weighted by molar-refractivity contribution is -0.135. The number of carbonyl (C=O) groups is 1. The molecule has 94 valence electrons. The summed E-state index contributed by atoms with van der Waals surface area (Å²) in [5.41, 5.74) is -1.79. The second-order valence-electron chi connectivity index (χ2n) is 3.11. The van der Waals surface area contributed by atoms with E-state index >= 15 is 0 Å². The van der Waals surface area contributed by atoms with Crippen molar-refractivity contribution in [2.45, 2.75) is 18.3 Å². The number of hydrogen-bond donors (Lipinski definition) is 1. The van der Waals surface area contributed by atoms with E-state index in [0.717, 1.165) is 0 Å². The number of carbonyl (C=O) groups excluding carboxylic acids is 1. The predicted octanol–water partition coefficient (Wildman–Crippen LogP) is 3.04. The van der Waals surface area contributed by atoms with E-state index in [9.17, 15) is 18.0 Å². The number of benzene rings is 1. The molecule has 3 nitrogen and oxygen atoms in total. The molecule has 0 aliphatic rings. The first-order chi connectivity index (χ1) is 7.89. The number of rotatable bonds is 3. The van der Waals surface area contributed by atoms with Crippen LogP contribution in [0.4, 0.5) is 18.0 Å². The summed E-state index contributed by atoms with van der Waals surface area (Å²) in [6, 6.07) is 8.56. The average molecular weight is 268 g/mol. The fourth-order valence-electron chi connectivity index (χ4n) is 0.950. The third kappa shape index (κ3) is 4.95. The fraction of sp³-hybridized carbons (Fsp3) is 0.300. The van der Waals surface area contributed by atoms with E-state index in [0.29, 0.717) is 5.56 Å². The van der Waals surface area contributed by atoms with Gasteiger partial charge in [-0.1, -0.05) is 41.9 Å². The summed E-state index contributed by atoms with van der Waals surface area (Å²) in [6.07, 6.45) is -5.92. The highest BCUT2D eigenvalue weighted by atomic mass is 35.5. The van der Waals surface area contributed by atoms with Gasteiger partial charge in [-0.3, -0.25) is 5.32 Å². The van der Waals surface area contributed by atoms with Crippen LogP contribution in [0.25, 0.3) is 0 Å². The van der Waals surface area contributed by atoms with Gasteiger partial charge in [-0.2, -0.15) is 13.2 Å². The topological polar surface area (TPSA) is 38.3 Å². The zero-order valence-electron chi connectivity index (χ0n) is 8.50. The van der Waals surface area contributed by atoms with Gasteiger partial charge >= 0.3 is 12.3 Å². The van der Waals surface area contributed by atoms with Crippen molar-refractivity contribution in [3.63, 3.8) is 0 Å². The molecular weight excluding hydrogens is 259 g/mol. The maximum atomic E-state index is 12.0. The number of halogens is 4. The van der Waals surface area contributed by atoms with Crippen LogP contribution in [0.2, 0.25) is 0 Å². The molecule has 0 saturated carbocycles. The molecule has 0 spiro atoms. The van der Waals surface area contributed by atoms with Gasteiger partial charge in [-0.15, -0.1) is 0 Å². The van der Waals surface area contributed by atoms with Gasteiger partial charge in [0, 0.05) is 0 Å². The van der Waals surface area contributed by atoms with Crippen molar-refractivity contribution in [3.8, 4) is 0 Å². The molecule has 1 aromatic carbocycles. The van der Waals surface area contributed by atoms with Crippen molar-refractivity contribution < 1.29 is 22.7 Å². The van der Waals surface area contributed by atoms with E-state index in [2.05, 4.69) is 4.74 Å². The van der Waals surface area contributed by atoms with Crippen LogP contribution in [-0.2, 0) is 11.3 Å². The molecular formula is C10H9ClF3NO2. The van der Waals surface area contributed by atoms with Crippen LogP contribution in [0.5, 0.6) is 0 Å². The fourth-order valence-corrected chi connectivity index (χ4v) is 1.04. The summed E-state index contributed by atoms with van der Waals surface area (Å²) in [7, 11) is 0. The van der Waals surface area contributed by atoms with Gasteiger partial charge in [0.1, 0.15) is 6.61 Å². The van der Waals surface area contributed by atoms with E-state index in [-0.39, 0.29) is 6.61 Å². The maximum absolute atomic E-state index is 12.0. The normalized spacial score (nSPS) is 12.9. The minimum absolute atomic E-state index is 0.117. The Balaban J connectivity index is 2.36. The quantitative estimate of drug-likeness (QED) is 0.675. The van der Waals surface area contributed by atoms with Crippen LogP contribution in [-0.4, -0.2) is 17.8 Å². The largest absolute Gasteiger partial charge is 0.445 e. The highest BCUT2D eigenvalue weighted by Crippen LogP contribution is 2.22. The van der Waals surface area contributed by atoms with Crippen molar-refractivity contribution in [2.75, 3.05) is 0 Å². The molecule has 0 bridgehead atoms. The summed E-state index contributed by atoms with van der Waals surface area (Å²) in [5, 5.41) is 1.47. The van der Waals surface area contributed by atoms with Gasteiger partial charge in [0.05, 0.1) is 0 Å². The highest BCUT2D eigenvalue weighted by molar-refractivity contribution is 6.21. The van der Waals surface area contributed by atoms with Crippen LogP contribution in [0.3, 0.4) is 0 Å². The Hall–Kier alpha value is -1.43. The number of hydrogen-bond acceptors (Lipinski definition) is 2. The first-order valence-corrected chi connectivity index (χ1v) is 5.01. The lowest BCUT2D eigenvalue weighted by Gasteiger charge is -2.14. The molecule has 0 aromatic heterocycles. The summed E-state index contributed by atoms with van der Waals surface area (Å²) in [6.45, 7) is -0.117. The van der Waals surface area contributed by atoms with Gasteiger partial charge < -0.3 is 4.74 Å². The number of alkyl halides is 4. The molecule has 1 N–H and O–H groups in total. The van der Waals surface area contributed by atoms with E-state index in [4.69, 9.17) is 11.6 Å². The molecule has 0 unspecified atom stereocenters. The average Bonchev–Trinajstić information content (AvgIpc) is 2.26. The van der Waals surface area contributed by atoms with Gasteiger partial charge in [0.25, 0.3) is 0 Å². The smallest absolute Gasteiger partial charge is 0.422 e. The Kier molecular flexibility index (Phi) is 4.62. The maximum Gasteiger partial charge on any atom is 0.422 e. The van der Waals surface area contributed by atoms with Crippen molar-refractivity contribution in [1.29, 1.82) is 0 Å². The van der Waals surface area contributed by atoms with Crippen molar-refractivity contribution in [3.05, 3.63) is 35.9 Å². The van der Waals surface area contributed by atoms with Crippen LogP contribution in [0.15, 0.2) is 30.3 Å². The molecule has 0 radical (unpaired) electrons. The number of ether oxygens (including phenoxy) is 1. The number of alkyl carbamates (subject to hydrolysis) is 1. The standard InChI is InChI=1S/C10H9ClF3NO2/c11-8(10(12,13)14)15-9(16)17-6-7-4-2-1-3-5-7/h1-5,8H,6H2,(H,15,16)/t8-/m0/s1. The van der Waals surface area contributed by atoms with Crippen LogP contribution in [0.1, 0.15) is 5.56 Å². The molecule has 1 rings (SSSR count). The SMILES string of the molecule is O=C(N[C@H](Cl)C(F)(F)F)OCc1ccccc1. The molecule has 0 aliphatic heterocycles. The molecule has 1 aromatic rings.